The standard InChI is InChI=1S/C11H7NO2S/c1-7-2-3-9-8(4-7)5-10(14-9)11(13)12-6-15/h2-5H,1H3. The zero-order chi connectivity index (χ0) is 10.8. The molecule has 1 amide bonds. The number of aliphatic imine (C=N–C) groups is 1. The first-order valence-corrected chi connectivity index (χ1v) is 4.74. The number of amides is 1. The van der Waals surface area contributed by atoms with Crippen molar-refractivity contribution >= 4 is 34.3 Å². The van der Waals surface area contributed by atoms with Crippen LogP contribution in [0.15, 0.2) is 33.7 Å². The molecule has 0 saturated carbocycles. The van der Waals surface area contributed by atoms with Gasteiger partial charge in [-0.1, -0.05) is 11.6 Å². The predicted molar refractivity (Wildman–Crippen MR) is 60.3 cm³/mol. The molecular formula is C11H7NO2S. The number of nitrogens with zero attached hydrogens (tertiary/aromatic N) is 1. The van der Waals surface area contributed by atoms with Crippen LogP contribution in [0.2, 0.25) is 0 Å². The Morgan fingerprint density at radius 2 is 2.27 bits per heavy atom. The fraction of sp³-hybridized carbons (Fsp3) is 0.0909. The number of benzene rings is 1. The fourth-order valence-electron chi connectivity index (χ4n) is 1.36. The molecule has 0 radical (unpaired) electrons. The molecule has 15 heavy (non-hydrogen) atoms. The number of fused-ring (bicyclic) bond motifs is 1. The number of furan rings is 1. The summed E-state index contributed by atoms with van der Waals surface area (Å²) in [4.78, 5) is 14.7. The van der Waals surface area contributed by atoms with Crippen molar-refractivity contribution in [2.45, 2.75) is 6.92 Å². The second-order valence-corrected chi connectivity index (χ2v) is 3.34. The van der Waals surface area contributed by atoms with Crippen LogP contribution in [-0.4, -0.2) is 11.1 Å². The van der Waals surface area contributed by atoms with Crippen LogP contribution in [-0.2, 0) is 0 Å². The zero-order valence-electron chi connectivity index (χ0n) is 7.98. The summed E-state index contributed by atoms with van der Waals surface area (Å²) in [7, 11) is 0. The molecule has 3 nitrogen and oxygen atoms in total. The number of carbonyl (C=O) groups excluding carboxylic acids is 1. The summed E-state index contributed by atoms with van der Waals surface area (Å²) in [5.74, 6) is -0.313. The van der Waals surface area contributed by atoms with Crippen LogP contribution in [0.1, 0.15) is 16.1 Å². The molecule has 0 aliphatic carbocycles. The number of carbonyl (C=O) groups is 1. The predicted octanol–water partition coefficient (Wildman–Crippen LogP) is 2.98. The summed E-state index contributed by atoms with van der Waals surface area (Å²) in [6.07, 6.45) is 0. The van der Waals surface area contributed by atoms with E-state index in [1.165, 1.54) is 0 Å². The van der Waals surface area contributed by atoms with Crippen molar-refractivity contribution < 1.29 is 9.21 Å². The van der Waals surface area contributed by atoms with Gasteiger partial charge in [-0.05, 0) is 37.3 Å². The molecule has 1 heterocycles. The first-order valence-electron chi connectivity index (χ1n) is 4.33. The van der Waals surface area contributed by atoms with Crippen LogP contribution >= 0.6 is 12.2 Å². The molecule has 74 valence electrons. The fourth-order valence-corrected chi connectivity index (χ4v) is 1.45. The van der Waals surface area contributed by atoms with Crippen LogP contribution < -0.4 is 0 Å². The third-order valence-corrected chi connectivity index (χ3v) is 2.12. The Bertz CT molecular complexity index is 579. The monoisotopic (exact) mass is 217 g/mol. The maximum atomic E-state index is 11.3. The van der Waals surface area contributed by atoms with Gasteiger partial charge in [0.2, 0.25) is 0 Å². The maximum absolute atomic E-state index is 11.3. The molecule has 0 atom stereocenters. The highest BCUT2D eigenvalue weighted by Crippen LogP contribution is 2.20. The summed E-state index contributed by atoms with van der Waals surface area (Å²) in [6, 6.07) is 7.34. The lowest BCUT2D eigenvalue weighted by Gasteiger charge is -1.89. The minimum absolute atomic E-state index is 0.188. The van der Waals surface area contributed by atoms with E-state index in [-0.39, 0.29) is 5.76 Å². The molecular weight excluding hydrogens is 210 g/mol. The second-order valence-electron chi connectivity index (χ2n) is 3.16. The van der Waals surface area contributed by atoms with E-state index >= 15 is 0 Å². The Kier molecular flexibility index (Phi) is 2.46. The first kappa shape index (κ1) is 9.77. The number of aryl methyl sites for hydroxylation is 1. The highest BCUT2D eigenvalue weighted by atomic mass is 32.1. The van der Waals surface area contributed by atoms with Crippen LogP contribution in [0.5, 0.6) is 0 Å². The Labute approximate surface area is 91.4 Å². The lowest BCUT2D eigenvalue weighted by molar-refractivity contribution is 0.0979. The molecule has 1 aromatic carbocycles. The SMILES string of the molecule is Cc1ccc2oc(C(=O)N=C=S)cc2c1. The van der Waals surface area contributed by atoms with E-state index in [4.69, 9.17) is 4.42 Å². The molecule has 4 heteroatoms. The number of thiocarbonyl (C=S) groups is 1. The van der Waals surface area contributed by atoms with Crippen LogP contribution in [0.3, 0.4) is 0 Å². The van der Waals surface area contributed by atoms with Gasteiger partial charge in [0, 0.05) is 5.39 Å². The van der Waals surface area contributed by atoms with Gasteiger partial charge >= 0.3 is 5.91 Å². The minimum atomic E-state index is -0.501. The molecule has 0 unspecified atom stereocenters. The van der Waals surface area contributed by atoms with Gasteiger partial charge < -0.3 is 4.42 Å². The van der Waals surface area contributed by atoms with Gasteiger partial charge in [0.25, 0.3) is 0 Å². The largest absolute Gasteiger partial charge is 0.451 e. The van der Waals surface area contributed by atoms with E-state index in [1.807, 2.05) is 30.3 Å². The summed E-state index contributed by atoms with van der Waals surface area (Å²) in [5.41, 5.74) is 1.78. The lowest BCUT2D eigenvalue weighted by atomic mass is 10.2. The molecule has 0 spiro atoms. The normalized spacial score (nSPS) is 9.93. The molecule has 0 aliphatic heterocycles. The quantitative estimate of drug-likeness (QED) is 0.544. The molecule has 0 bridgehead atoms. The number of isothiocyanates is 1. The second kappa shape index (κ2) is 3.77. The summed E-state index contributed by atoms with van der Waals surface area (Å²) in [6.45, 7) is 1.98. The van der Waals surface area contributed by atoms with Gasteiger partial charge in [-0.2, -0.15) is 0 Å². The van der Waals surface area contributed by atoms with Crippen molar-refractivity contribution in [1.82, 2.24) is 0 Å². The molecule has 2 aromatic rings. The molecule has 0 aliphatic rings. The highest BCUT2D eigenvalue weighted by Gasteiger charge is 2.10. The molecule has 0 fully saturated rings. The number of hydrogen-bond acceptors (Lipinski definition) is 3. The minimum Gasteiger partial charge on any atom is -0.451 e. The maximum Gasteiger partial charge on any atom is 0.321 e. The van der Waals surface area contributed by atoms with E-state index in [2.05, 4.69) is 17.2 Å². The third-order valence-electron chi connectivity index (χ3n) is 2.03. The van der Waals surface area contributed by atoms with Crippen LogP contribution in [0, 0.1) is 6.92 Å². The Balaban J connectivity index is 2.56. The van der Waals surface area contributed by atoms with Crippen molar-refractivity contribution in [1.29, 1.82) is 0 Å². The van der Waals surface area contributed by atoms with Crippen molar-refractivity contribution in [2.75, 3.05) is 0 Å². The van der Waals surface area contributed by atoms with Gasteiger partial charge in [0.05, 0.1) is 5.16 Å². The number of hydrogen-bond donors (Lipinski definition) is 0. The van der Waals surface area contributed by atoms with E-state index < -0.39 is 5.91 Å². The van der Waals surface area contributed by atoms with Gasteiger partial charge in [-0.3, -0.25) is 4.79 Å². The Hall–Kier alpha value is -1.77. The molecule has 2 rings (SSSR count). The molecule has 0 saturated heterocycles. The van der Waals surface area contributed by atoms with E-state index in [0.29, 0.717) is 5.58 Å². The topological polar surface area (TPSA) is 42.6 Å². The first-order chi connectivity index (χ1) is 7.20. The summed E-state index contributed by atoms with van der Waals surface area (Å²) < 4.78 is 5.31. The third kappa shape index (κ3) is 1.86. The lowest BCUT2D eigenvalue weighted by Crippen LogP contribution is -1.89. The van der Waals surface area contributed by atoms with Gasteiger partial charge in [-0.15, -0.1) is 4.99 Å². The smallest absolute Gasteiger partial charge is 0.321 e. The van der Waals surface area contributed by atoms with Crippen LogP contribution in [0.4, 0.5) is 0 Å². The van der Waals surface area contributed by atoms with E-state index in [9.17, 15) is 4.79 Å². The number of rotatable bonds is 1. The van der Waals surface area contributed by atoms with Crippen LogP contribution in [0.25, 0.3) is 11.0 Å². The molecule has 0 N–H and O–H groups in total. The van der Waals surface area contributed by atoms with Gasteiger partial charge in [0.15, 0.2) is 5.76 Å². The van der Waals surface area contributed by atoms with Crippen molar-refractivity contribution in [3.05, 3.63) is 35.6 Å². The average molecular weight is 217 g/mol. The summed E-state index contributed by atoms with van der Waals surface area (Å²) >= 11 is 4.35. The van der Waals surface area contributed by atoms with E-state index in [1.54, 1.807) is 6.07 Å². The van der Waals surface area contributed by atoms with E-state index in [0.717, 1.165) is 10.9 Å². The molecule has 1 aromatic heterocycles. The van der Waals surface area contributed by atoms with Gasteiger partial charge in [0.1, 0.15) is 5.58 Å². The van der Waals surface area contributed by atoms with Gasteiger partial charge in [-0.25, -0.2) is 0 Å². The average Bonchev–Trinajstić information content (AvgIpc) is 2.60. The Morgan fingerprint density at radius 3 is 3.00 bits per heavy atom. The highest BCUT2D eigenvalue weighted by molar-refractivity contribution is 7.78. The zero-order valence-corrected chi connectivity index (χ0v) is 8.80. The summed E-state index contributed by atoms with van der Waals surface area (Å²) in [5, 5.41) is 2.91. The van der Waals surface area contributed by atoms with Crippen molar-refractivity contribution in [2.24, 2.45) is 4.99 Å². The Morgan fingerprint density at radius 1 is 1.47 bits per heavy atom. The van der Waals surface area contributed by atoms with Crippen molar-refractivity contribution in [3.8, 4) is 0 Å². The van der Waals surface area contributed by atoms with Crippen molar-refractivity contribution in [3.63, 3.8) is 0 Å².